The molecule has 0 saturated heterocycles. The molecule has 0 fully saturated rings. The molecule has 0 aromatic carbocycles. The maximum absolute atomic E-state index is 3.31. The molecule has 3 aromatic rings. The second kappa shape index (κ2) is 4.60. The summed E-state index contributed by atoms with van der Waals surface area (Å²) >= 11 is 7.77. The van der Waals surface area contributed by atoms with Gasteiger partial charge in [-0.2, -0.15) is 0 Å². The average molecular weight is 373 g/mol. The van der Waals surface area contributed by atoms with Crippen molar-refractivity contribution in [2.24, 2.45) is 0 Å². The maximum atomic E-state index is 3.31. The van der Waals surface area contributed by atoms with E-state index in [1.807, 2.05) is 17.4 Å². The summed E-state index contributed by atoms with van der Waals surface area (Å²) in [5.41, 5.74) is 0. The van der Waals surface area contributed by atoms with Crippen LogP contribution in [0.5, 0.6) is 0 Å². The third kappa shape index (κ3) is 2.11. The van der Waals surface area contributed by atoms with Crippen molar-refractivity contribution in [2.75, 3.05) is 0 Å². The van der Waals surface area contributed by atoms with Crippen LogP contribution in [0.25, 0.3) is 19.5 Å². The van der Waals surface area contributed by atoms with Gasteiger partial charge in [0.05, 0.1) is 7.76 Å². The molecule has 0 N–H and O–H groups in total. The lowest BCUT2D eigenvalue weighted by Gasteiger charge is -1.89. The van der Waals surface area contributed by atoms with Crippen LogP contribution in [-0.4, -0.2) is 0 Å². The van der Waals surface area contributed by atoms with Crippen molar-refractivity contribution in [1.82, 2.24) is 0 Å². The van der Waals surface area contributed by atoms with Crippen LogP contribution in [0.1, 0.15) is 0 Å². The van der Waals surface area contributed by atoms with Crippen molar-refractivity contribution in [3.8, 4) is 19.5 Å². The summed E-state index contributed by atoms with van der Waals surface area (Å²) in [7, 11) is 0. The van der Waals surface area contributed by atoms with Gasteiger partial charge in [0.25, 0.3) is 0 Å². The Morgan fingerprint density at radius 1 is 1.00 bits per heavy atom. The van der Waals surface area contributed by atoms with Crippen LogP contribution in [0.2, 0.25) is 0 Å². The van der Waals surface area contributed by atoms with E-state index in [4.69, 9.17) is 0 Å². The van der Waals surface area contributed by atoms with Crippen LogP contribution in [0, 0.1) is 8.95 Å². The molecule has 0 aliphatic carbocycles. The number of thiophene rings is 3. The van der Waals surface area contributed by atoms with Gasteiger partial charge in [-0.05, 0) is 52.2 Å². The Morgan fingerprint density at radius 2 is 1.88 bits per heavy atom. The number of hydrogen-bond acceptors (Lipinski definition) is 3. The lowest BCUT2D eigenvalue weighted by Crippen LogP contribution is -1.57. The summed E-state index contributed by atoms with van der Waals surface area (Å²) in [5, 5.41) is 2.12. The second-order valence-electron chi connectivity index (χ2n) is 3.17. The molecule has 0 unspecified atom stereocenters. The summed E-state index contributed by atoms with van der Waals surface area (Å²) in [6.07, 6.45) is 0. The molecule has 0 spiro atoms. The number of hydrogen-bond donors (Lipinski definition) is 0. The fourth-order valence-electron chi connectivity index (χ4n) is 1.41. The first kappa shape index (κ1) is 11.0. The molecule has 3 rings (SSSR count). The third-order valence-electron chi connectivity index (χ3n) is 2.11. The predicted octanol–water partition coefficient (Wildman–Crippen LogP) is 5.61. The van der Waals surface area contributed by atoms with Crippen LogP contribution in [0.4, 0.5) is 0 Å². The first-order valence-electron chi connectivity index (χ1n) is 4.64. The number of rotatable bonds is 2. The molecule has 0 amide bonds. The van der Waals surface area contributed by atoms with Crippen LogP contribution in [-0.2, 0) is 0 Å². The molecule has 1 radical (unpaired) electrons. The van der Waals surface area contributed by atoms with Gasteiger partial charge in [-0.1, -0.05) is 6.07 Å². The Bertz CT molecular complexity index is 589. The van der Waals surface area contributed by atoms with E-state index in [2.05, 4.69) is 58.3 Å². The molecule has 0 saturated carbocycles. The van der Waals surface area contributed by atoms with Gasteiger partial charge in [-0.3, -0.25) is 0 Å². The van der Waals surface area contributed by atoms with Crippen LogP contribution in [0.15, 0.2) is 35.7 Å². The number of halogens is 1. The zero-order valence-corrected chi connectivity index (χ0v) is 12.7. The second-order valence-corrected chi connectivity index (χ2v) is 8.14. The monoisotopic (exact) mass is 373 g/mol. The highest BCUT2D eigenvalue weighted by molar-refractivity contribution is 14.1. The molecule has 79 valence electrons. The van der Waals surface area contributed by atoms with Gasteiger partial charge in [0.1, 0.15) is 0 Å². The highest BCUT2D eigenvalue weighted by Gasteiger charge is 2.07. The van der Waals surface area contributed by atoms with E-state index in [1.54, 1.807) is 22.7 Å². The fourth-order valence-corrected chi connectivity index (χ4v) is 4.82. The lowest BCUT2D eigenvalue weighted by atomic mass is 10.3. The van der Waals surface area contributed by atoms with E-state index in [1.165, 1.54) is 22.4 Å². The van der Waals surface area contributed by atoms with Crippen LogP contribution >= 0.6 is 56.6 Å². The SMILES string of the molecule is Ic1c[c]c(-c2ccc(-c3cccs3)s2)s1. The van der Waals surface area contributed by atoms with Crippen LogP contribution < -0.4 is 0 Å². The zero-order chi connectivity index (χ0) is 11.0. The average Bonchev–Trinajstić information content (AvgIpc) is 2.97. The maximum Gasteiger partial charge on any atom is 0.0666 e. The van der Waals surface area contributed by atoms with Crippen molar-refractivity contribution < 1.29 is 0 Å². The standard InChI is InChI=1S/C12H6IS3/c13-12-6-5-11(16-12)10-4-3-9(15-10)8-2-1-7-14-8/h1-4,6-7H. The van der Waals surface area contributed by atoms with Gasteiger partial charge in [0, 0.05) is 20.7 Å². The van der Waals surface area contributed by atoms with Gasteiger partial charge in [-0.15, -0.1) is 34.0 Å². The van der Waals surface area contributed by atoms with Crippen molar-refractivity contribution in [3.63, 3.8) is 0 Å². The van der Waals surface area contributed by atoms with E-state index < -0.39 is 0 Å². The first-order chi connectivity index (χ1) is 7.83. The van der Waals surface area contributed by atoms with Gasteiger partial charge in [0.2, 0.25) is 0 Å². The van der Waals surface area contributed by atoms with E-state index in [-0.39, 0.29) is 0 Å². The van der Waals surface area contributed by atoms with Gasteiger partial charge < -0.3 is 0 Å². The Kier molecular flexibility index (Phi) is 3.15. The van der Waals surface area contributed by atoms with E-state index in [0.717, 1.165) is 0 Å². The van der Waals surface area contributed by atoms with Crippen molar-refractivity contribution in [2.45, 2.75) is 0 Å². The first-order valence-corrected chi connectivity index (χ1v) is 8.23. The highest BCUT2D eigenvalue weighted by atomic mass is 127. The summed E-state index contributed by atoms with van der Waals surface area (Å²) in [5.74, 6) is 0. The molecule has 0 aliphatic rings. The molecule has 0 atom stereocenters. The van der Waals surface area contributed by atoms with Crippen molar-refractivity contribution in [1.29, 1.82) is 0 Å². The largest absolute Gasteiger partial charge is 0.143 e. The summed E-state index contributed by atoms with van der Waals surface area (Å²) in [4.78, 5) is 5.26. The highest BCUT2D eigenvalue weighted by Crippen LogP contribution is 2.38. The Morgan fingerprint density at radius 3 is 2.56 bits per heavy atom. The van der Waals surface area contributed by atoms with Gasteiger partial charge in [-0.25, -0.2) is 0 Å². The molecule has 16 heavy (non-hydrogen) atoms. The predicted molar refractivity (Wildman–Crippen MR) is 82.5 cm³/mol. The van der Waals surface area contributed by atoms with E-state index >= 15 is 0 Å². The minimum absolute atomic E-state index is 1.25. The van der Waals surface area contributed by atoms with Crippen molar-refractivity contribution >= 4 is 56.6 Å². The zero-order valence-electron chi connectivity index (χ0n) is 8.07. The Labute approximate surface area is 120 Å². The smallest absolute Gasteiger partial charge is 0.0666 e. The fraction of sp³-hybridized carbons (Fsp3) is 0. The molecule has 4 heteroatoms. The summed E-state index contributed by atoms with van der Waals surface area (Å²) in [6.45, 7) is 0. The Hall–Kier alpha value is -0.170. The quantitative estimate of drug-likeness (QED) is 0.512. The summed E-state index contributed by atoms with van der Waals surface area (Å²) < 4.78 is 1.29. The third-order valence-corrected chi connectivity index (χ3v) is 6.23. The van der Waals surface area contributed by atoms with Crippen molar-refractivity contribution in [3.05, 3.63) is 44.7 Å². The van der Waals surface area contributed by atoms with E-state index in [9.17, 15) is 0 Å². The Balaban J connectivity index is 2.00. The minimum Gasteiger partial charge on any atom is -0.143 e. The molecule has 0 nitrogen and oxygen atoms in total. The molecular weight excluding hydrogens is 367 g/mol. The molecular formula is C12H6IS3. The molecule has 0 aliphatic heterocycles. The van der Waals surface area contributed by atoms with Gasteiger partial charge in [0.15, 0.2) is 0 Å². The lowest BCUT2D eigenvalue weighted by molar-refractivity contribution is 1.88. The van der Waals surface area contributed by atoms with Gasteiger partial charge >= 0.3 is 0 Å². The minimum atomic E-state index is 1.25. The molecule has 3 aromatic heterocycles. The molecule has 3 heterocycles. The summed E-state index contributed by atoms with van der Waals surface area (Å²) in [6, 6.07) is 14.0. The topological polar surface area (TPSA) is 0 Å². The van der Waals surface area contributed by atoms with Crippen LogP contribution in [0.3, 0.4) is 0 Å². The van der Waals surface area contributed by atoms with E-state index in [0.29, 0.717) is 0 Å². The molecule has 0 bridgehead atoms. The normalized spacial score (nSPS) is 10.8.